The third kappa shape index (κ3) is 2.71. The highest BCUT2D eigenvalue weighted by molar-refractivity contribution is 9.10. The Kier molecular flexibility index (Phi) is 4.40. The van der Waals surface area contributed by atoms with E-state index in [0.29, 0.717) is 16.7 Å². The molecule has 1 aliphatic rings. The average Bonchev–Trinajstić information content (AvgIpc) is 2.89. The van der Waals surface area contributed by atoms with Crippen LogP contribution < -0.4 is 4.90 Å². The van der Waals surface area contributed by atoms with Gasteiger partial charge in [-0.2, -0.15) is 4.68 Å². The van der Waals surface area contributed by atoms with Crippen LogP contribution in [0.1, 0.15) is 30.6 Å². The van der Waals surface area contributed by atoms with Gasteiger partial charge in [-0.25, -0.2) is 0 Å². The summed E-state index contributed by atoms with van der Waals surface area (Å²) in [7, 11) is 0. The highest BCUT2D eigenvalue weighted by atomic mass is 79.9. The third-order valence-electron chi connectivity index (χ3n) is 4.33. The Morgan fingerprint density at radius 3 is 2.79 bits per heavy atom. The first-order chi connectivity index (χ1) is 11.4. The molecule has 3 rings (SSSR count). The number of hydrogen-bond donors (Lipinski definition) is 0. The van der Waals surface area contributed by atoms with Crippen molar-refractivity contribution >= 4 is 33.3 Å². The molecule has 0 bridgehead atoms. The molecule has 0 aliphatic carbocycles. The fourth-order valence-electron chi connectivity index (χ4n) is 3.07. The summed E-state index contributed by atoms with van der Waals surface area (Å²) in [6, 6.07) is 7.22. The summed E-state index contributed by atoms with van der Waals surface area (Å²) < 4.78 is 1.73. The average molecular weight is 393 g/mol. The molecule has 0 saturated carbocycles. The highest BCUT2D eigenvalue weighted by Crippen LogP contribution is 2.32. The van der Waals surface area contributed by atoms with E-state index < -0.39 is 11.0 Å². The number of carbonyl (C=O) groups excluding carboxylic acids is 1. The largest absolute Gasteiger partial charge is 0.404 e. The van der Waals surface area contributed by atoms with E-state index in [1.165, 1.54) is 4.68 Å². The smallest absolute Gasteiger partial charge is 0.358 e. The fourth-order valence-corrected chi connectivity index (χ4v) is 3.48. The predicted molar refractivity (Wildman–Crippen MR) is 93.1 cm³/mol. The summed E-state index contributed by atoms with van der Waals surface area (Å²) in [5.41, 5.74) is 2.63. The Labute approximate surface area is 147 Å². The van der Waals surface area contributed by atoms with Gasteiger partial charge in [0.05, 0.1) is 10.8 Å². The number of hydrogen-bond acceptors (Lipinski definition) is 4. The van der Waals surface area contributed by atoms with Gasteiger partial charge in [-0.3, -0.25) is 4.79 Å². The minimum absolute atomic E-state index is 0.116. The molecule has 0 saturated heterocycles. The van der Waals surface area contributed by atoms with E-state index in [1.807, 2.05) is 24.3 Å². The molecule has 0 N–H and O–H groups in total. The second kappa shape index (κ2) is 6.35. The molecule has 0 radical (unpaired) electrons. The van der Waals surface area contributed by atoms with Crippen LogP contribution in [0.5, 0.6) is 0 Å². The molecule has 1 aromatic heterocycles. The summed E-state index contributed by atoms with van der Waals surface area (Å²) in [5, 5.41) is 15.1. The Balaban J connectivity index is 1.94. The summed E-state index contributed by atoms with van der Waals surface area (Å²) in [4.78, 5) is 25.2. The van der Waals surface area contributed by atoms with Crippen LogP contribution in [-0.2, 0) is 11.2 Å². The van der Waals surface area contributed by atoms with Crippen LogP contribution in [0.3, 0.4) is 0 Å². The summed E-state index contributed by atoms with van der Waals surface area (Å²) in [6.45, 7) is 4.07. The van der Waals surface area contributed by atoms with Crippen molar-refractivity contribution in [2.75, 3.05) is 11.4 Å². The third-order valence-corrected chi connectivity index (χ3v) is 5.26. The number of aromatic nitrogens is 2. The minimum atomic E-state index is -0.624. The molecule has 8 heteroatoms. The first kappa shape index (κ1) is 16.6. The van der Waals surface area contributed by atoms with Crippen LogP contribution in [0.4, 0.5) is 11.5 Å². The van der Waals surface area contributed by atoms with Gasteiger partial charge >= 0.3 is 5.82 Å². The van der Waals surface area contributed by atoms with Crippen molar-refractivity contribution in [3.05, 3.63) is 50.1 Å². The second-order valence-electron chi connectivity index (χ2n) is 5.82. The Morgan fingerprint density at radius 1 is 1.42 bits per heavy atom. The van der Waals surface area contributed by atoms with E-state index in [9.17, 15) is 14.9 Å². The molecule has 7 nitrogen and oxygen atoms in total. The van der Waals surface area contributed by atoms with Crippen LogP contribution in [0.25, 0.3) is 0 Å². The van der Waals surface area contributed by atoms with Gasteiger partial charge in [-0.05, 0) is 59.2 Å². The SMILES string of the molecule is Cc1c(Br)c([N+](=O)[O-])nn1[C@H](C)C(=O)N1CCCc2ccccc21. The normalized spacial score (nSPS) is 15.0. The van der Waals surface area contributed by atoms with Gasteiger partial charge in [0.15, 0.2) is 0 Å². The molecule has 0 spiro atoms. The van der Waals surface area contributed by atoms with Crippen molar-refractivity contribution in [2.45, 2.75) is 32.7 Å². The lowest BCUT2D eigenvalue weighted by atomic mass is 10.0. The molecular formula is C16H17BrN4O3. The van der Waals surface area contributed by atoms with Crippen molar-refractivity contribution in [3.8, 4) is 0 Å². The zero-order valence-corrected chi connectivity index (χ0v) is 15.0. The Hall–Kier alpha value is -2.22. The Morgan fingerprint density at radius 2 is 2.12 bits per heavy atom. The van der Waals surface area contributed by atoms with E-state index in [4.69, 9.17) is 0 Å². The number of carbonyl (C=O) groups is 1. The van der Waals surface area contributed by atoms with Gasteiger partial charge in [0.25, 0.3) is 5.91 Å². The van der Waals surface area contributed by atoms with Gasteiger partial charge in [0, 0.05) is 12.2 Å². The summed E-state index contributed by atoms with van der Waals surface area (Å²) in [5.74, 6) is -0.388. The van der Waals surface area contributed by atoms with Crippen molar-refractivity contribution in [1.29, 1.82) is 0 Å². The number of benzene rings is 1. The maximum Gasteiger partial charge on any atom is 0.404 e. The molecule has 0 fully saturated rings. The van der Waals surface area contributed by atoms with Crippen molar-refractivity contribution in [1.82, 2.24) is 9.78 Å². The maximum atomic E-state index is 13.0. The van der Waals surface area contributed by atoms with E-state index in [-0.39, 0.29) is 11.7 Å². The van der Waals surface area contributed by atoms with Gasteiger partial charge in [0.2, 0.25) is 0 Å². The number of nitrogens with zero attached hydrogens (tertiary/aromatic N) is 4. The number of fused-ring (bicyclic) bond motifs is 1. The molecule has 2 aromatic rings. The predicted octanol–water partition coefficient (Wildman–Crippen LogP) is 3.40. The van der Waals surface area contributed by atoms with E-state index in [1.54, 1.807) is 18.7 Å². The number of anilines is 1. The molecule has 1 atom stereocenters. The molecule has 126 valence electrons. The molecule has 1 aromatic carbocycles. The van der Waals surface area contributed by atoms with Crippen LogP contribution in [0, 0.1) is 17.0 Å². The zero-order chi connectivity index (χ0) is 17.4. The van der Waals surface area contributed by atoms with Crippen molar-refractivity contribution < 1.29 is 9.72 Å². The first-order valence-corrected chi connectivity index (χ1v) is 8.49. The molecule has 2 heterocycles. The first-order valence-electron chi connectivity index (χ1n) is 7.70. The van der Waals surface area contributed by atoms with Gasteiger partial charge < -0.3 is 15.0 Å². The number of nitro groups is 1. The minimum Gasteiger partial charge on any atom is -0.358 e. The fraction of sp³-hybridized carbons (Fsp3) is 0.375. The van der Waals surface area contributed by atoms with E-state index in [2.05, 4.69) is 21.0 Å². The van der Waals surface area contributed by atoms with Crippen molar-refractivity contribution in [2.24, 2.45) is 0 Å². The number of halogens is 1. The van der Waals surface area contributed by atoms with Crippen LogP contribution in [0.2, 0.25) is 0 Å². The molecule has 24 heavy (non-hydrogen) atoms. The highest BCUT2D eigenvalue weighted by Gasteiger charge is 2.33. The van der Waals surface area contributed by atoms with Crippen LogP contribution in [-0.4, -0.2) is 27.2 Å². The number of aryl methyl sites for hydroxylation is 1. The van der Waals surface area contributed by atoms with Crippen LogP contribution in [0.15, 0.2) is 28.7 Å². The lowest BCUT2D eigenvalue weighted by Crippen LogP contribution is -2.40. The van der Waals surface area contributed by atoms with E-state index >= 15 is 0 Å². The second-order valence-corrected chi connectivity index (χ2v) is 6.62. The molecule has 0 unspecified atom stereocenters. The Bertz CT molecular complexity index is 818. The molecular weight excluding hydrogens is 376 g/mol. The number of rotatable bonds is 3. The van der Waals surface area contributed by atoms with Crippen LogP contribution >= 0.6 is 15.9 Å². The topological polar surface area (TPSA) is 81.3 Å². The van der Waals surface area contributed by atoms with Crippen molar-refractivity contribution in [3.63, 3.8) is 0 Å². The quantitative estimate of drug-likeness (QED) is 0.591. The maximum absolute atomic E-state index is 13.0. The standard InChI is InChI=1S/C16H17BrN4O3/c1-10-14(17)15(21(23)24)18-20(10)11(2)16(22)19-9-5-7-12-6-3-4-8-13(12)19/h3-4,6,8,11H,5,7,9H2,1-2H3/t11-/m1/s1. The van der Waals surface area contributed by atoms with Gasteiger partial charge in [0.1, 0.15) is 10.5 Å². The zero-order valence-electron chi connectivity index (χ0n) is 13.4. The van der Waals surface area contributed by atoms with E-state index in [0.717, 1.165) is 24.1 Å². The molecule has 1 amide bonds. The van der Waals surface area contributed by atoms with Gasteiger partial charge in [-0.1, -0.05) is 18.2 Å². The lowest BCUT2D eigenvalue weighted by molar-refractivity contribution is -0.390. The molecule has 1 aliphatic heterocycles. The van der Waals surface area contributed by atoms with Gasteiger partial charge in [-0.15, -0.1) is 0 Å². The monoisotopic (exact) mass is 392 g/mol. The lowest BCUT2D eigenvalue weighted by Gasteiger charge is -2.31. The summed E-state index contributed by atoms with van der Waals surface area (Å²) in [6.07, 6.45) is 1.85. The number of para-hydroxylation sites is 1. The summed E-state index contributed by atoms with van der Waals surface area (Å²) >= 11 is 3.19. The number of amides is 1.